The molecule has 0 saturated carbocycles. The largest absolute Gasteiger partial charge is 0.339 e. The first-order chi connectivity index (χ1) is 11.6. The van der Waals surface area contributed by atoms with E-state index in [4.69, 9.17) is 0 Å². The molecule has 0 atom stereocenters. The van der Waals surface area contributed by atoms with E-state index in [0.29, 0.717) is 31.3 Å². The lowest BCUT2D eigenvalue weighted by Gasteiger charge is -2.34. The fraction of sp³-hybridized carbons (Fsp3) is 0.400. The molecule has 24 heavy (non-hydrogen) atoms. The lowest BCUT2D eigenvalue weighted by atomic mass is 10.3. The SMILES string of the molecule is CC(=O)N1CCN(C(=O)CSc2nnnn2-c2ccccc2)CC1. The van der Waals surface area contributed by atoms with E-state index in [1.165, 1.54) is 11.8 Å². The van der Waals surface area contributed by atoms with Gasteiger partial charge in [0, 0.05) is 33.1 Å². The number of aromatic nitrogens is 4. The number of para-hydroxylation sites is 1. The summed E-state index contributed by atoms with van der Waals surface area (Å²) in [7, 11) is 0. The molecule has 1 aliphatic heterocycles. The van der Waals surface area contributed by atoms with E-state index >= 15 is 0 Å². The summed E-state index contributed by atoms with van der Waals surface area (Å²) in [4.78, 5) is 27.2. The molecule has 0 unspecified atom stereocenters. The van der Waals surface area contributed by atoms with Crippen LogP contribution in [0.3, 0.4) is 0 Å². The summed E-state index contributed by atoms with van der Waals surface area (Å²) in [5.41, 5.74) is 0.854. The van der Waals surface area contributed by atoms with Crippen LogP contribution in [0.25, 0.3) is 5.69 Å². The Bertz CT molecular complexity index is 712. The monoisotopic (exact) mass is 346 g/mol. The molecule has 9 heteroatoms. The number of carbonyl (C=O) groups excluding carboxylic acids is 2. The molecule has 0 N–H and O–H groups in total. The normalized spacial score (nSPS) is 14.7. The zero-order chi connectivity index (χ0) is 16.9. The van der Waals surface area contributed by atoms with Gasteiger partial charge in [-0.2, -0.15) is 4.68 Å². The quantitative estimate of drug-likeness (QED) is 0.747. The van der Waals surface area contributed by atoms with Crippen molar-refractivity contribution in [3.8, 4) is 5.69 Å². The van der Waals surface area contributed by atoms with Gasteiger partial charge in [0.25, 0.3) is 0 Å². The molecule has 1 saturated heterocycles. The third kappa shape index (κ3) is 3.73. The van der Waals surface area contributed by atoms with Gasteiger partial charge in [-0.3, -0.25) is 9.59 Å². The number of nitrogens with zero attached hydrogens (tertiary/aromatic N) is 6. The van der Waals surface area contributed by atoms with E-state index in [9.17, 15) is 9.59 Å². The maximum Gasteiger partial charge on any atom is 0.233 e. The predicted octanol–water partition coefficient (Wildman–Crippen LogP) is 0.445. The first-order valence-corrected chi connectivity index (χ1v) is 8.63. The number of carbonyl (C=O) groups is 2. The summed E-state index contributed by atoms with van der Waals surface area (Å²) < 4.78 is 1.62. The van der Waals surface area contributed by atoms with Gasteiger partial charge < -0.3 is 9.80 Å². The second-order valence-electron chi connectivity index (χ2n) is 5.38. The van der Waals surface area contributed by atoms with Gasteiger partial charge in [0.2, 0.25) is 17.0 Å². The molecule has 1 fully saturated rings. The highest BCUT2D eigenvalue weighted by molar-refractivity contribution is 7.99. The van der Waals surface area contributed by atoms with E-state index in [1.807, 2.05) is 30.3 Å². The minimum absolute atomic E-state index is 0.0332. The molecule has 1 aromatic carbocycles. The van der Waals surface area contributed by atoms with Crippen molar-refractivity contribution in [1.29, 1.82) is 0 Å². The number of amides is 2. The molecule has 0 spiro atoms. The van der Waals surface area contributed by atoms with E-state index in [0.717, 1.165) is 5.69 Å². The van der Waals surface area contributed by atoms with Crippen LogP contribution in [-0.2, 0) is 9.59 Å². The van der Waals surface area contributed by atoms with Gasteiger partial charge in [-0.25, -0.2) is 0 Å². The van der Waals surface area contributed by atoms with Crippen molar-refractivity contribution in [2.24, 2.45) is 0 Å². The number of piperazine rings is 1. The summed E-state index contributed by atoms with van der Waals surface area (Å²) in [6.45, 7) is 3.88. The Hall–Kier alpha value is -2.42. The smallest absolute Gasteiger partial charge is 0.233 e. The second kappa shape index (κ2) is 7.43. The molecule has 8 nitrogen and oxygen atoms in total. The molecule has 1 aromatic heterocycles. The van der Waals surface area contributed by atoms with Crippen LogP contribution in [0.1, 0.15) is 6.92 Å². The number of hydrogen-bond donors (Lipinski definition) is 0. The Balaban J connectivity index is 1.56. The minimum atomic E-state index is 0.0332. The van der Waals surface area contributed by atoms with Crippen molar-refractivity contribution in [1.82, 2.24) is 30.0 Å². The van der Waals surface area contributed by atoms with Gasteiger partial charge in [0.05, 0.1) is 11.4 Å². The number of thioether (sulfide) groups is 1. The summed E-state index contributed by atoms with van der Waals surface area (Å²) >= 11 is 1.31. The molecule has 1 aliphatic rings. The summed E-state index contributed by atoms with van der Waals surface area (Å²) in [5, 5.41) is 12.2. The first kappa shape index (κ1) is 16.4. The zero-order valence-corrected chi connectivity index (χ0v) is 14.1. The van der Waals surface area contributed by atoms with Crippen LogP contribution in [-0.4, -0.2) is 73.8 Å². The van der Waals surface area contributed by atoms with Crippen molar-refractivity contribution in [2.75, 3.05) is 31.9 Å². The molecule has 126 valence electrons. The van der Waals surface area contributed by atoms with Crippen molar-refractivity contribution < 1.29 is 9.59 Å². The standard InChI is InChI=1S/C15H18N6O2S/c1-12(22)19-7-9-20(10-8-19)14(23)11-24-15-16-17-18-21(15)13-5-3-2-4-6-13/h2-6H,7-11H2,1H3. The molecular formula is C15H18N6O2S. The average molecular weight is 346 g/mol. The summed E-state index contributed by atoms with van der Waals surface area (Å²) in [6, 6.07) is 9.55. The van der Waals surface area contributed by atoms with Crippen LogP contribution in [0.2, 0.25) is 0 Å². The topological polar surface area (TPSA) is 84.2 Å². The van der Waals surface area contributed by atoms with E-state index in [-0.39, 0.29) is 17.6 Å². The van der Waals surface area contributed by atoms with Crippen molar-refractivity contribution in [3.63, 3.8) is 0 Å². The zero-order valence-electron chi connectivity index (χ0n) is 13.3. The highest BCUT2D eigenvalue weighted by atomic mass is 32.2. The molecular weight excluding hydrogens is 328 g/mol. The lowest BCUT2D eigenvalue weighted by Crippen LogP contribution is -2.50. The third-order valence-corrected chi connectivity index (χ3v) is 4.75. The number of rotatable bonds is 4. The van der Waals surface area contributed by atoms with E-state index < -0.39 is 0 Å². The van der Waals surface area contributed by atoms with Crippen LogP contribution in [0.15, 0.2) is 35.5 Å². The molecule has 0 radical (unpaired) electrons. The molecule has 2 aromatic rings. The highest BCUT2D eigenvalue weighted by Gasteiger charge is 2.23. The fourth-order valence-corrected chi connectivity index (χ4v) is 3.28. The van der Waals surface area contributed by atoms with Crippen LogP contribution in [0.5, 0.6) is 0 Å². The van der Waals surface area contributed by atoms with Gasteiger partial charge in [0.1, 0.15) is 0 Å². The second-order valence-corrected chi connectivity index (χ2v) is 6.33. The van der Waals surface area contributed by atoms with Crippen LogP contribution in [0.4, 0.5) is 0 Å². The Morgan fingerprint density at radius 3 is 2.42 bits per heavy atom. The van der Waals surface area contributed by atoms with Crippen molar-refractivity contribution >= 4 is 23.6 Å². The van der Waals surface area contributed by atoms with Gasteiger partial charge in [0.15, 0.2) is 0 Å². The Morgan fingerprint density at radius 2 is 1.75 bits per heavy atom. The van der Waals surface area contributed by atoms with E-state index in [1.54, 1.807) is 21.4 Å². The summed E-state index contributed by atoms with van der Waals surface area (Å²) in [6.07, 6.45) is 0. The van der Waals surface area contributed by atoms with Crippen molar-refractivity contribution in [3.05, 3.63) is 30.3 Å². The maximum atomic E-state index is 12.3. The van der Waals surface area contributed by atoms with Gasteiger partial charge in [-0.15, -0.1) is 5.10 Å². The predicted molar refractivity (Wildman–Crippen MR) is 88.7 cm³/mol. The first-order valence-electron chi connectivity index (χ1n) is 7.65. The van der Waals surface area contributed by atoms with Gasteiger partial charge in [-0.1, -0.05) is 30.0 Å². The molecule has 3 rings (SSSR count). The highest BCUT2D eigenvalue weighted by Crippen LogP contribution is 2.18. The number of benzene rings is 1. The summed E-state index contributed by atoms with van der Waals surface area (Å²) in [5.74, 6) is 0.358. The van der Waals surface area contributed by atoms with E-state index in [2.05, 4.69) is 15.5 Å². The molecule has 2 heterocycles. The van der Waals surface area contributed by atoms with Crippen LogP contribution < -0.4 is 0 Å². The Kier molecular flexibility index (Phi) is 5.09. The lowest BCUT2D eigenvalue weighted by molar-refractivity contribution is -0.136. The number of tetrazole rings is 1. The number of hydrogen-bond acceptors (Lipinski definition) is 6. The van der Waals surface area contributed by atoms with Crippen LogP contribution >= 0.6 is 11.8 Å². The van der Waals surface area contributed by atoms with Crippen molar-refractivity contribution in [2.45, 2.75) is 12.1 Å². The molecule has 0 bridgehead atoms. The molecule has 2 amide bonds. The van der Waals surface area contributed by atoms with Gasteiger partial charge in [-0.05, 0) is 22.6 Å². The van der Waals surface area contributed by atoms with Crippen LogP contribution in [0, 0.1) is 0 Å². The average Bonchev–Trinajstić information content (AvgIpc) is 3.09. The third-order valence-electron chi connectivity index (χ3n) is 3.84. The molecule has 0 aliphatic carbocycles. The fourth-order valence-electron chi connectivity index (χ4n) is 2.49. The minimum Gasteiger partial charge on any atom is -0.339 e. The Labute approximate surface area is 143 Å². The Morgan fingerprint density at radius 1 is 1.08 bits per heavy atom. The van der Waals surface area contributed by atoms with Gasteiger partial charge >= 0.3 is 0 Å². The maximum absolute atomic E-state index is 12.3.